The standard InChI is InChI=1S/C11H15BrN2O2/c1-2-16-6-5-11(15)14-10-7-8(13)3-4-9(10)12/h3-4,7H,2,5-6,13H2,1H3,(H,14,15). The number of ether oxygens (including phenoxy) is 1. The lowest BCUT2D eigenvalue weighted by Gasteiger charge is -2.08. The topological polar surface area (TPSA) is 64.3 Å². The van der Waals surface area contributed by atoms with Gasteiger partial charge in [-0.25, -0.2) is 0 Å². The van der Waals surface area contributed by atoms with Gasteiger partial charge in [0.05, 0.1) is 18.7 Å². The van der Waals surface area contributed by atoms with Crippen molar-refractivity contribution in [3.63, 3.8) is 0 Å². The molecule has 0 fully saturated rings. The average Bonchev–Trinajstić information content (AvgIpc) is 2.24. The molecule has 0 radical (unpaired) electrons. The summed E-state index contributed by atoms with van der Waals surface area (Å²) in [5.41, 5.74) is 6.92. The van der Waals surface area contributed by atoms with E-state index in [0.717, 1.165) is 4.47 Å². The van der Waals surface area contributed by atoms with E-state index >= 15 is 0 Å². The summed E-state index contributed by atoms with van der Waals surface area (Å²) in [6, 6.07) is 5.27. The Labute approximate surface area is 103 Å². The highest BCUT2D eigenvalue weighted by Crippen LogP contribution is 2.24. The van der Waals surface area contributed by atoms with Gasteiger partial charge in [-0.15, -0.1) is 0 Å². The third-order valence-electron chi connectivity index (χ3n) is 1.94. The number of nitrogen functional groups attached to an aromatic ring is 1. The van der Waals surface area contributed by atoms with Crippen molar-refractivity contribution in [2.24, 2.45) is 0 Å². The van der Waals surface area contributed by atoms with Crippen molar-refractivity contribution < 1.29 is 9.53 Å². The Kier molecular flexibility index (Phi) is 5.28. The van der Waals surface area contributed by atoms with Gasteiger partial charge < -0.3 is 15.8 Å². The second-order valence-electron chi connectivity index (χ2n) is 3.23. The SMILES string of the molecule is CCOCCC(=O)Nc1cc(N)ccc1Br. The first kappa shape index (κ1) is 13.0. The van der Waals surface area contributed by atoms with Gasteiger partial charge in [0, 0.05) is 16.8 Å². The van der Waals surface area contributed by atoms with E-state index in [9.17, 15) is 4.79 Å². The quantitative estimate of drug-likeness (QED) is 0.645. The number of rotatable bonds is 5. The molecule has 0 saturated heterocycles. The zero-order valence-corrected chi connectivity index (χ0v) is 10.7. The second-order valence-corrected chi connectivity index (χ2v) is 4.09. The number of halogens is 1. The summed E-state index contributed by atoms with van der Waals surface area (Å²) in [5, 5.41) is 2.76. The zero-order valence-electron chi connectivity index (χ0n) is 9.13. The molecule has 0 bridgehead atoms. The van der Waals surface area contributed by atoms with Crippen LogP contribution in [0.2, 0.25) is 0 Å². The van der Waals surface area contributed by atoms with Gasteiger partial charge in [-0.05, 0) is 41.1 Å². The van der Waals surface area contributed by atoms with Gasteiger partial charge in [-0.1, -0.05) is 0 Å². The van der Waals surface area contributed by atoms with Gasteiger partial charge in [0.25, 0.3) is 0 Å². The first-order valence-corrected chi connectivity index (χ1v) is 5.85. The predicted molar refractivity (Wildman–Crippen MR) is 68.3 cm³/mol. The summed E-state index contributed by atoms with van der Waals surface area (Å²) in [4.78, 5) is 11.5. The van der Waals surface area contributed by atoms with Crippen LogP contribution in [0.1, 0.15) is 13.3 Å². The predicted octanol–water partition coefficient (Wildman–Crippen LogP) is 2.40. The molecular formula is C11H15BrN2O2. The van der Waals surface area contributed by atoms with Crippen molar-refractivity contribution >= 4 is 33.2 Å². The fourth-order valence-electron chi connectivity index (χ4n) is 1.16. The van der Waals surface area contributed by atoms with Gasteiger partial charge in [-0.3, -0.25) is 4.79 Å². The fourth-order valence-corrected chi connectivity index (χ4v) is 1.51. The Morgan fingerprint density at radius 2 is 2.31 bits per heavy atom. The number of hydrogen-bond acceptors (Lipinski definition) is 3. The minimum absolute atomic E-state index is 0.0836. The van der Waals surface area contributed by atoms with E-state index in [1.54, 1.807) is 18.2 Å². The average molecular weight is 287 g/mol. The van der Waals surface area contributed by atoms with Crippen LogP contribution in [0.3, 0.4) is 0 Å². The Morgan fingerprint density at radius 3 is 3.00 bits per heavy atom. The van der Waals surface area contributed by atoms with Crippen molar-refractivity contribution in [1.29, 1.82) is 0 Å². The summed E-state index contributed by atoms with van der Waals surface area (Å²) < 4.78 is 5.91. The minimum atomic E-state index is -0.0836. The number of hydrogen-bond donors (Lipinski definition) is 2. The van der Waals surface area contributed by atoms with Crippen LogP contribution < -0.4 is 11.1 Å². The third-order valence-corrected chi connectivity index (χ3v) is 2.63. The van der Waals surface area contributed by atoms with Crippen LogP contribution in [0.4, 0.5) is 11.4 Å². The van der Waals surface area contributed by atoms with Gasteiger partial charge in [0.2, 0.25) is 5.91 Å². The summed E-state index contributed by atoms with van der Waals surface area (Å²) in [6.45, 7) is 2.95. The number of anilines is 2. The molecule has 0 heterocycles. The van der Waals surface area contributed by atoms with Gasteiger partial charge >= 0.3 is 0 Å². The van der Waals surface area contributed by atoms with Gasteiger partial charge in [-0.2, -0.15) is 0 Å². The smallest absolute Gasteiger partial charge is 0.226 e. The monoisotopic (exact) mass is 286 g/mol. The second kappa shape index (κ2) is 6.50. The van der Waals surface area contributed by atoms with Crippen molar-refractivity contribution in [2.75, 3.05) is 24.3 Å². The van der Waals surface area contributed by atoms with E-state index < -0.39 is 0 Å². The minimum Gasteiger partial charge on any atom is -0.399 e. The van der Waals surface area contributed by atoms with Crippen LogP contribution in [0.5, 0.6) is 0 Å². The van der Waals surface area contributed by atoms with E-state index in [4.69, 9.17) is 10.5 Å². The van der Waals surface area contributed by atoms with Crippen LogP contribution in [0.25, 0.3) is 0 Å². The van der Waals surface area contributed by atoms with E-state index in [0.29, 0.717) is 31.0 Å². The summed E-state index contributed by atoms with van der Waals surface area (Å²) in [6.07, 6.45) is 0.342. The highest BCUT2D eigenvalue weighted by molar-refractivity contribution is 9.10. The van der Waals surface area contributed by atoms with Crippen LogP contribution >= 0.6 is 15.9 Å². The number of benzene rings is 1. The molecule has 1 aromatic carbocycles. The fraction of sp³-hybridized carbons (Fsp3) is 0.364. The van der Waals surface area contributed by atoms with Crippen molar-refractivity contribution in [2.45, 2.75) is 13.3 Å². The summed E-state index contributed by atoms with van der Waals surface area (Å²) in [5.74, 6) is -0.0836. The molecule has 0 aliphatic carbocycles. The van der Waals surface area contributed by atoms with Crippen molar-refractivity contribution in [3.8, 4) is 0 Å². The molecule has 88 valence electrons. The number of nitrogens with one attached hydrogen (secondary N) is 1. The maximum absolute atomic E-state index is 11.5. The molecule has 0 aliphatic heterocycles. The van der Waals surface area contributed by atoms with Crippen LogP contribution in [0, 0.1) is 0 Å². The molecule has 0 aliphatic rings. The molecule has 0 unspecified atom stereocenters. The summed E-state index contributed by atoms with van der Waals surface area (Å²) >= 11 is 3.34. The Morgan fingerprint density at radius 1 is 1.56 bits per heavy atom. The molecule has 0 saturated carbocycles. The molecule has 4 nitrogen and oxygen atoms in total. The first-order chi connectivity index (χ1) is 7.63. The molecule has 0 aromatic heterocycles. The Bertz CT molecular complexity index is 369. The lowest BCUT2D eigenvalue weighted by Crippen LogP contribution is -2.14. The molecule has 5 heteroatoms. The lowest BCUT2D eigenvalue weighted by atomic mass is 10.2. The normalized spacial score (nSPS) is 10.1. The number of amides is 1. The third kappa shape index (κ3) is 4.20. The van der Waals surface area contributed by atoms with E-state index in [1.807, 2.05) is 6.92 Å². The largest absolute Gasteiger partial charge is 0.399 e. The van der Waals surface area contributed by atoms with Gasteiger partial charge in [0.15, 0.2) is 0 Å². The number of carbonyl (C=O) groups is 1. The van der Waals surface area contributed by atoms with Crippen LogP contribution in [-0.4, -0.2) is 19.1 Å². The Balaban J connectivity index is 2.52. The molecule has 16 heavy (non-hydrogen) atoms. The molecule has 3 N–H and O–H groups in total. The van der Waals surface area contributed by atoms with Crippen LogP contribution in [0.15, 0.2) is 22.7 Å². The molecular weight excluding hydrogens is 272 g/mol. The van der Waals surface area contributed by atoms with Crippen LogP contribution in [-0.2, 0) is 9.53 Å². The van der Waals surface area contributed by atoms with Crippen molar-refractivity contribution in [1.82, 2.24) is 0 Å². The highest BCUT2D eigenvalue weighted by atomic mass is 79.9. The van der Waals surface area contributed by atoms with Crippen molar-refractivity contribution in [3.05, 3.63) is 22.7 Å². The number of nitrogens with two attached hydrogens (primary N) is 1. The van der Waals surface area contributed by atoms with Gasteiger partial charge in [0.1, 0.15) is 0 Å². The molecule has 1 rings (SSSR count). The maximum atomic E-state index is 11.5. The van der Waals surface area contributed by atoms with E-state index in [-0.39, 0.29) is 5.91 Å². The first-order valence-electron chi connectivity index (χ1n) is 5.06. The number of carbonyl (C=O) groups excluding carboxylic acids is 1. The lowest BCUT2D eigenvalue weighted by molar-refractivity contribution is -0.117. The molecule has 1 amide bonds. The molecule has 0 atom stereocenters. The molecule has 1 aromatic rings. The van der Waals surface area contributed by atoms with E-state index in [1.165, 1.54) is 0 Å². The Hall–Kier alpha value is -1.07. The molecule has 0 spiro atoms. The maximum Gasteiger partial charge on any atom is 0.226 e. The summed E-state index contributed by atoms with van der Waals surface area (Å²) in [7, 11) is 0. The zero-order chi connectivity index (χ0) is 12.0. The van der Waals surface area contributed by atoms with E-state index in [2.05, 4.69) is 21.2 Å². The highest BCUT2D eigenvalue weighted by Gasteiger charge is 2.05.